The van der Waals surface area contributed by atoms with Gasteiger partial charge in [0.15, 0.2) is 0 Å². The van der Waals surface area contributed by atoms with Gasteiger partial charge in [-0.25, -0.2) is 4.98 Å². The molecular formula is C17H24N2S2. The van der Waals surface area contributed by atoms with Crippen LogP contribution in [0.3, 0.4) is 0 Å². The van der Waals surface area contributed by atoms with Crippen molar-refractivity contribution < 1.29 is 0 Å². The van der Waals surface area contributed by atoms with Gasteiger partial charge in [-0.05, 0) is 31.0 Å². The highest BCUT2D eigenvalue weighted by atomic mass is 32.2. The fourth-order valence-electron chi connectivity index (χ4n) is 2.08. The Morgan fingerprint density at radius 2 is 2.00 bits per heavy atom. The van der Waals surface area contributed by atoms with Gasteiger partial charge in [-0.15, -0.1) is 23.1 Å². The molecule has 0 fully saturated rings. The number of thioether (sulfide) groups is 1. The molecule has 1 aromatic heterocycles. The van der Waals surface area contributed by atoms with Crippen LogP contribution < -0.4 is 5.32 Å². The molecule has 4 heteroatoms. The average Bonchev–Trinajstić information content (AvgIpc) is 2.85. The molecule has 21 heavy (non-hydrogen) atoms. The second-order valence-electron chi connectivity index (χ2n) is 5.46. The Morgan fingerprint density at radius 3 is 2.67 bits per heavy atom. The SMILES string of the molecule is CCNCc1sc(CSc2ccccc2)nc1CC(C)C. The molecule has 0 amide bonds. The van der Waals surface area contributed by atoms with Gasteiger partial charge in [-0.3, -0.25) is 0 Å². The maximum atomic E-state index is 4.88. The first-order valence-corrected chi connectivity index (χ1v) is 9.35. The van der Waals surface area contributed by atoms with Crippen LogP contribution in [0, 0.1) is 5.92 Å². The Morgan fingerprint density at radius 1 is 1.24 bits per heavy atom. The van der Waals surface area contributed by atoms with Gasteiger partial charge in [-0.1, -0.05) is 39.0 Å². The Hall–Kier alpha value is -0.840. The van der Waals surface area contributed by atoms with E-state index >= 15 is 0 Å². The van der Waals surface area contributed by atoms with E-state index in [9.17, 15) is 0 Å². The van der Waals surface area contributed by atoms with Crippen LogP contribution in [-0.2, 0) is 18.7 Å². The second kappa shape index (κ2) is 8.57. The number of hydrogen-bond donors (Lipinski definition) is 1. The fourth-order valence-corrected chi connectivity index (χ4v) is 4.06. The summed E-state index contributed by atoms with van der Waals surface area (Å²) in [6.45, 7) is 8.62. The zero-order chi connectivity index (χ0) is 15.1. The van der Waals surface area contributed by atoms with Gasteiger partial charge in [0, 0.05) is 16.3 Å². The van der Waals surface area contributed by atoms with Gasteiger partial charge in [0.25, 0.3) is 0 Å². The molecule has 0 saturated carbocycles. The van der Waals surface area contributed by atoms with Gasteiger partial charge >= 0.3 is 0 Å². The smallest absolute Gasteiger partial charge is 0.103 e. The zero-order valence-corrected chi connectivity index (χ0v) is 14.7. The molecule has 0 unspecified atom stereocenters. The highest BCUT2D eigenvalue weighted by molar-refractivity contribution is 7.98. The van der Waals surface area contributed by atoms with E-state index in [2.05, 4.69) is 56.4 Å². The summed E-state index contributed by atoms with van der Waals surface area (Å²) >= 11 is 3.73. The lowest BCUT2D eigenvalue weighted by Gasteiger charge is -2.04. The van der Waals surface area contributed by atoms with E-state index in [-0.39, 0.29) is 0 Å². The minimum atomic E-state index is 0.655. The molecular weight excluding hydrogens is 296 g/mol. The van der Waals surface area contributed by atoms with Crippen LogP contribution in [0.5, 0.6) is 0 Å². The average molecular weight is 321 g/mol. The van der Waals surface area contributed by atoms with Crippen LogP contribution in [-0.4, -0.2) is 11.5 Å². The molecule has 1 heterocycles. The Labute approximate surface area is 136 Å². The minimum absolute atomic E-state index is 0.655. The molecule has 1 N–H and O–H groups in total. The summed E-state index contributed by atoms with van der Waals surface area (Å²) in [5.74, 6) is 1.62. The molecule has 0 aliphatic carbocycles. The Kier molecular flexibility index (Phi) is 6.74. The summed E-state index contributed by atoms with van der Waals surface area (Å²) in [5.41, 5.74) is 1.29. The maximum Gasteiger partial charge on any atom is 0.103 e. The number of benzene rings is 1. The first kappa shape index (κ1) is 16.5. The lowest BCUT2D eigenvalue weighted by molar-refractivity contribution is 0.626. The van der Waals surface area contributed by atoms with E-state index in [0.29, 0.717) is 5.92 Å². The van der Waals surface area contributed by atoms with E-state index in [4.69, 9.17) is 4.98 Å². The molecule has 2 nitrogen and oxygen atoms in total. The molecule has 1 aromatic carbocycles. The monoisotopic (exact) mass is 320 g/mol. The first-order chi connectivity index (χ1) is 10.2. The van der Waals surface area contributed by atoms with E-state index < -0.39 is 0 Å². The van der Waals surface area contributed by atoms with Crippen LogP contribution in [0.1, 0.15) is 36.3 Å². The third-order valence-corrected chi connectivity index (χ3v) is 5.37. The van der Waals surface area contributed by atoms with Gasteiger partial charge in [0.1, 0.15) is 5.01 Å². The maximum absolute atomic E-state index is 4.88. The summed E-state index contributed by atoms with van der Waals surface area (Å²) in [4.78, 5) is 7.60. The van der Waals surface area contributed by atoms with Gasteiger partial charge in [-0.2, -0.15) is 0 Å². The summed E-state index contributed by atoms with van der Waals surface area (Å²) in [6, 6.07) is 10.6. The molecule has 0 atom stereocenters. The molecule has 0 aliphatic heterocycles. The number of aromatic nitrogens is 1. The molecule has 114 valence electrons. The zero-order valence-electron chi connectivity index (χ0n) is 13.1. The van der Waals surface area contributed by atoms with Crippen molar-refractivity contribution in [3.8, 4) is 0 Å². The predicted molar refractivity (Wildman–Crippen MR) is 94.0 cm³/mol. The number of hydrogen-bond acceptors (Lipinski definition) is 4. The van der Waals surface area contributed by atoms with E-state index in [1.807, 2.05) is 23.1 Å². The van der Waals surface area contributed by atoms with Crippen molar-refractivity contribution in [3.63, 3.8) is 0 Å². The van der Waals surface area contributed by atoms with Crippen LogP contribution >= 0.6 is 23.1 Å². The van der Waals surface area contributed by atoms with Gasteiger partial charge in [0.2, 0.25) is 0 Å². The molecule has 2 aromatic rings. The van der Waals surface area contributed by atoms with E-state index in [0.717, 1.165) is 25.3 Å². The third kappa shape index (κ3) is 5.46. The largest absolute Gasteiger partial charge is 0.312 e. The first-order valence-electron chi connectivity index (χ1n) is 7.55. The van der Waals surface area contributed by atoms with Crippen LogP contribution in [0.2, 0.25) is 0 Å². The van der Waals surface area contributed by atoms with Crippen molar-refractivity contribution >= 4 is 23.1 Å². The quantitative estimate of drug-likeness (QED) is 0.711. The molecule has 0 bridgehead atoms. The summed E-state index contributed by atoms with van der Waals surface area (Å²) in [6.07, 6.45) is 1.08. The lowest BCUT2D eigenvalue weighted by atomic mass is 10.1. The van der Waals surface area contributed by atoms with Gasteiger partial charge in [0.05, 0.1) is 11.4 Å². The summed E-state index contributed by atoms with van der Waals surface area (Å²) in [7, 11) is 0. The van der Waals surface area contributed by atoms with Crippen molar-refractivity contribution in [1.82, 2.24) is 10.3 Å². The normalized spacial score (nSPS) is 11.2. The molecule has 0 radical (unpaired) electrons. The lowest BCUT2D eigenvalue weighted by Crippen LogP contribution is -2.12. The van der Waals surface area contributed by atoms with Crippen molar-refractivity contribution in [3.05, 3.63) is 45.9 Å². The molecule has 0 saturated heterocycles. The van der Waals surface area contributed by atoms with Crippen LogP contribution in [0.15, 0.2) is 35.2 Å². The second-order valence-corrected chi connectivity index (χ2v) is 7.67. The number of nitrogens with one attached hydrogen (secondary N) is 1. The Balaban J connectivity index is 2.03. The Bertz CT molecular complexity index is 535. The van der Waals surface area contributed by atoms with Crippen LogP contribution in [0.25, 0.3) is 0 Å². The minimum Gasteiger partial charge on any atom is -0.312 e. The molecule has 2 rings (SSSR count). The number of thiazole rings is 1. The highest BCUT2D eigenvalue weighted by Crippen LogP contribution is 2.28. The van der Waals surface area contributed by atoms with Crippen LogP contribution in [0.4, 0.5) is 0 Å². The topological polar surface area (TPSA) is 24.9 Å². The predicted octanol–water partition coefficient (Wildman–Crippen LogP) is 4.74. The molecule has 0 spiro atoms. The molecule has 0 aliphatic rings. The number of nitrogens with zero attached hydrogens (tertiary/aromatic N) is 1. The summed E-state index contributed by atoms with van der Waals surface area (Å²) in [5, 5.41) is 4.67. The third-order valence-electron chi connectivity index (χ3n) is 3.07. The van der Waals surface area contributed by atoms with Crippen molar-refractivity contribution in [2.45, 2.75) is 44.4 Å². The highest BCUT2D eigenvalue weighted by Gasteiger charge is 2.12. The van der Waals surface area contributed by atoms with Gasteiger partial charge < -0.3 is 5.32 Å². The van der Waals surface area contributed by atoms with E-state index in [1.54, 1.807) is 0 Å². The number of rotatable bonds is 8. The van der Waals surface area contributed by atoms with Crippen molar-refractivity contribution in [2.24, 2.45) is 5.92 Å². The summed E-state index contributed by atoms with van der Waals surface area (Å²) < 4.78 is 0. The fraction of sp³-hybridized carbons (Fsp3) is 0.471. The van der Waals surface area contributed by atoms with Crippen molar-refractivity contribution in [1.29, 1.82) is 0 Å². The van der Waals surface area contributed by atoms with E-state index in [1.165, 1.54) is 20.5 Å². The standard InChI is InChI=1S/C17H24N2S2/c1-4-18-11-16-15(10-13(2)3)19-17(21-16)12-20-14-8-6-5-7-9-14/h5-9,13,18H,4,10-12H2,1-3H3. The van der Waals surface area contributed by atoms with Crippen molar-refractivity contribution in [2.75, 3.05) is 6.54 Å².